The Morgan fingerprint density at radius 1 is 0.949 bits per heavy atom. The van der Waals surface area contributed by atoms with Gasteiger partial charge in [-0.15, -0.1) is 0 Å². The van der Waals surface area contributed by atoms with Crippen LogP contribution < -0.4 is 4.57 Å². The zero-order valence-corrected chi connectivity index (χ0v) is 27.0. The summed E-state index contributed by atoms with van der Waals surface area (Å²) in [6.07, 6.45) is 3.76. The van der Waals surface area contributed by atoms with Gasteiger partial charge in [0.05, 0.1) is 18.1 Å². The van der Waals surface area contributed by atoms with Gasteiger partial charge in [-0.25, -0.2) is 13.0 Å². The molecule has 1 aromatic heterocycles. The minimum atomic E-state index is -4.27. The van der Waals surface area contributed by atoms with E-state index in [2.05, 4.69) is 0 Å². The molecule has 2 unspecified atom stereocenters. The molecule has 9 nitrogen and oxygen atoms in total. The number of benzene rings is 1. The van der Waals surface area contributed by atoms with Crippen molar-refractivity contribution in [3.05, 3.63) is 59.9 Å². The van der Waals surface area contributed by atoms with Crippen LogP contribution in [0.5, 0.6) is 0 Å². The Morgan fingerprint density at radius 2 is 1.41 bits per heavy atom. The molecule has 0 fully saturated rings. The fourth-order valence-corrected chi connectivity index (χ4v) is 6.95. The highest BCUT2D eigenvalue weighted by Crippen LogP contribution is 2.61. The third-order valence-corrected chi connectivity index (χ3v) is 9.30. The standard InChI is InChI=1S/C21H40N2O4P.C7H8O3S/c1-11-25-28(24,26-12-2)19(20(4,5)6)23(21(7,8)9)27-17(3)18-13-15-22(10)16-14-18;1-6-2-4-7(5-3-6)11(8,9)10/h13-17,19H,11-12H2,1-10H3;2-5H,1H3,(H,8,9,10)/q+1;/p-1. The third kappa shape index (κ3) is 11.0. The molecule has 0 saturated carbocycles. The van der Waals surface area contributed by atoms with Gasteiger partial charge in [0, 0.05) is 17.7 Å². The van der Waals surface area contributed by atoms with Crippen LogP contribution in [0.3, 0.4) is 0 Å². The van der Waals surface area contributed by atoms with Crippen LogP contribution in [0.2, 0.25) is 0 Å². The monoisotopic (exact) mass is 586 g/mol. The zero-order chi connectivity index (χ0) is 30.2. The van der Waals surface area contributed by atoms with Crippen LogP contribution in [-0.2, 0) is 35.6 Å². The highest BCUT2D eigenvalue weighted by atomic mass is 32.2. The van der Waals surface area contributed by atoms with Crippen LogP contribution in [0.15, 0.2) is 53.7 Å². The van der Waals surface area contributed by atoms with E-state index >= 15 is 0 Å². The lowest BCUT2D eigenvalue weighted by molar-refractivity contribution is -0.671. The Balaban J connectivity index is 0.000000573. The molecule has 0 aliphatic heterocycles. The number of aromatic nitrogens is 1. The second kappa shape index (κ2) is 14.3. The molecular formula is C28H47N2O7PS. The van der Waals surface area contributed by atoms with E-state index < -0.39 is 34.5 Å². The van der Waals surface area contributed by atoms with Crippen LogP contribution in [0, 0.1) is 12.3 Å². The smallest absolute Gasteiger partial charge is 0.350 e. The van der Waals surface area contributed by atoms with Crippen LogP contribution in [0.1, 0.15) is 79.5 Å². The number of pyridine rings is 1. The summed E-state index contributed by atoms with van der Waals surface area (Å²) in [5, 5.41) is 1.83. The third-order valence-electron chi connectivity index (χ3n) is 5.63. The van der Waals surface area contributed by atoms with Crippen molar-refractivity contribution in [2.75, 3.05) is 13.2 Å². The lowest BCUT2D eigenvalue weighted by Crippen LogP contribution is -2.53. The quantitative estimate of drug-likeness (QED) is 0.141. The number of hydrogen-bond donors (Lipinski definition) is 0. The first-order valence-corrected chi connectivity index (χ1v) is 16.1. The largest absolute Gasteiger partial charge is 0.744 e. The number of aryl methyl sites for hydroxylation is 2. The van der Waals surface area contributed by atoms with Crippen molar-refractivity contribution >= 4 is 17.7 Å². The molecule has 2 atom stereocenters. The number of nitrogens with zero attached hydrogens (tertiary/aromatic N) is 2. The number of rotatable bonds is 10. The van der Waals surface area contributed by atoms with Crippen molar-refractivity contribution in [3.8, 4) is 0 Å². The summed E-state index contributed by atoms with van der Waals surface area (Å²) in [6.45, 7) is 20.4. The molecule has 1 aromatic carbocycles. The first kappa shape index (κ1) is 35.4. The average molecular weight is 587 g/mol. The molecule has 39 heavy (non-hydrogen) atoms. The molecule has 0 N–H and O–H groups in total. The molecule has 0 saturated heterocycles. The Labute approximate surface area is 235 Å². The van der Waals surface area contributed by atoms with E-state index in [9.17, 15) is 17.5 Å². The summed E-state index contributed by atoms with van der Waals surface area (Å²) in [5.74, 6) is -0.567. The topological polar surface area (TPSA) is 109 Å². The maximum absolute atomic E-state index is 13.8. The Morgan fingerprint density at radius 3 is 1.77 bits per heavy atom. The maximum Gasteiger partial charge on any atom is 0.350 e. The normalized spacial score (nSPS) is 14.5. The Kier molecular flexibility index (Phi) is 13.0. The van der Waals surface area contributed by atoms with E-state index in [1.165, 1.54) is 12.1 Å². The van der Waals surface area contributed by atoms with Crippen molar-refractivity contribution in [1.82, 2.24) is 5.06 Å². The van der Waals surface area contributed by atoms with E-state index in [1.807, 2.05) is 110 Å². The average Bonchev–Trinajstić information content (AvgIpc) is 2.78. The minimum Gasteiger partial charge on any atom is -0.744 e. The second-order valence-corrected chi connectivity index (χ2v) is 14.9. The van der Waals surface area contributed by atoms with Crippen LogP contribution in [0.25, 0.3) is 0 Å². The number of hydroxylamine groups is 2. The maximum atomic E-state index is 13.8. The van der Waals surface area contributed by atoms with Gasteiger partial charge >= 0.3 is 7.60 Å². The summed E-state index contributed by atoms with van der Waals surface area (Å²) < 4.78 is 58.5. The summed E-state index contributed by atoms with van der Waals surface area (Å²) in [6, 6.07) is 9.84. The molecule has 0 amide bonds. The van der Waals surface area contributed by atoms with E-state index in [0.717, 1.165) is 11.1 Å². The Hall–Kier alpha value is -1.65. The predicted molar refractivity (Wildman–Crippen MR) is 152 cm³/mol. The van der Waals surface area contributed by atoms with Gasteiger partial charge < -0.3 is 13.6 Å². The molecule has 2 aromatic rings. The van der Waals surface area contributed by atoms with Crippen LogP contribution >= 0.6 is 7.60 Å². The summed E-state index contributed by atoms with van der Waals surface area (Å²) in [4.78, 5) is 6.28. The van der Waals surface area contributed by atoms with Gasteiger partial charge in [0.2, 0.25) is 0 Å². The predicted octanol–water partition coefficient (Wildman–Crippen LogP) is 6.14. The van der Waals surface area contributed by atoms with Crippen molar-refractivity contribution in [3.63, 3.8) is 0 Å². The highest BCUT2D eigenvalue weighted by Gasteiger charge is 2.51. The molecule has 0 aliphatic carbocycles. The van der Waals surface area contributed by atoms with Crippen LogP contribution in [-0.4, -0.2) is 42.6 Å². The molecule has 222 valence electrons. The van der Waals surface area contributed by atoms with Crippen LogP contribution in [0.4, 0.5) is 0 Å². The summed E-state index contributed by atoms with van der Waals surface area (Å²) in [7, 11) is -5.75. The zero-order valence-electron chi connectivity index (χ0n) is 25.3. The molecule has 11 heteroatoms. The van der Waals surface area contributed by atoms with Gasteiger partial charge in [0.1, 0.15) is 29.1 Å². The van der Waals surface area contributed by atoms with Gasteiger partial charge in [-0.1, -0.05) is 38.5 Å². The molecule has 0 aliphatic rings. The second-order valence-electron chi connectivity index (χ2n) is 11.4. The fraction of sp³-hybridized carbons (Fsp3) is 0.607. The lowest BCUT2D eigenvalue weighted by Gasteiger charge is -2.48. The van der Waals surface area contributed by atoms with E-state index in [-0.39, 0.29) is 11.0 Å². The SMILES string of the molecule is CCOP(=O)(OCC)C(N(OC(C)c1cc[n+](C)cc1)C(C)(C)C)C(C)(C)C.Cc1ccc(S(=O)(=O)[O-])cc1. The fourth-order valence-electron chi connectivity index (χ4n) is 3.80. The van der Waals surface area contributed by atoms with Gasteiger partial charge in [-0.3, -0.25) is 9.40 Å². The molecule has 2 rings (SSSR count). The molecule has 0 radical (unpaired) electrons. The van der Waals surface area contributed by atoms with E-state index in [4.69, 9.17) is 13.9 Å². The molecule has 0 bridgehead atoms. The highest BCUT2D eigenvalue weighted by molar-refractivity contribution is 7.85. The molecular weight excluding hydrogens is 539 g/mol. The van der Waals surface area contributed by atoms with E-state index in [1.54, 1.807) is 12.1 Å². The molecule has 0 spiro atoms. The first-order valence-electron chi connectivity index (χ1n) is 13.1. The van der Waals surface area contributed by atoms with E-state index in [0.29, 0.717) is 13.2 Å². The summed E-state index contributed by atoms with van der Waals surface area (Å²) in [5.41, 5.74) is 1.14. The summed E-state index contributed by atoms with van der Waals surface area (Å²) >= 11 is 0. The first-order chi connectivity index (χ1) is 17.8. The van der Waals surface area contributed by atoms with Crippen molar-refractivity contribution in [1.29, 1.82) is 0 Å². The Bertz CT molecular complexity index is 1160. The lowest BCUT2D eigenvalue weighted by atomic mass is 9.94. The van der Waals surface area contributed by atoms with Crippen molar-refractivity contribution < 1.29 is 36.0 Å². The van der Waals surface area contributed by atoms with Gasteiger partial charge in [-0.2, -0.15) is 5.06 Å². The number of hydrogen-bond acceptors (Lipinski definition) is 8. The van der Waals surface area contributed by atoms with Crippen molar-refractivity contribution in [2.45, 2.75) is 91.6 Å². The minimum absolute atomic E-state index is 0.178. The van der Waals surface area contributed by atoms with Gasteiger partial charge in [0.25, 0.3) is 0 Å². The van der Waals surface area contributed by atoms with Gasteiger partial charge in [-0.05, 0) is 71.6 Å². The molecule has 1 heterocycles. The van der Waals surface area contributed by atoms with Gasteiger partial charge in [0.15, 0.2) is 12.4 Å². The van der Waals surface area contributed by atoms with Crippen molar-refractivity contribution in [2.24, 2.45) is 12.5 Å².